The highest BCUT2D eigenvalue weighted by molar-refractivity contribution is 6.23. The highest BCUT2D eigenvalue weighted by atomic mass is 16.2. The second-order valence-corrected chi connectivity index (χ2v) is 9.08. The summed E-state index contributed by atoms with van der Waals surface area (Å²) in [5.41, 5.74) is 4.15. The van der Waals surface area contributed by atoms with Crippen LogP contribution >= 0.6 is 0 Å². The summed E-state index contributed by atoms with van der Waals surface area (Å²) in [5.74, 6) is -0.504. The molecule has 1 aliphatic rings. The van der Waals surface area contributed by atoms with Crippen molar-refractivity contribution in [2.24, 2.45) is 0 Å². The van der Waals surface area contributed by atoms with Crippen LogP contribution in [-0.2, 0) is 16.0 Å². The summed E-state index contributed by atoms with van der Waals surface area (Å²) in [5, 5.41) is 0. The number of nitrogens with zero attached hydrogens (tertiary/aromatic N) is 2. The molecule has 3 amide bonds. The van der Waals surface area contributed by atoms with Crippen molar-refractivity contribution in [3.63, 3.8) is 0 Å². The first kappa shape index (κ1) is 23.4. The second-order valence-electron chi connectivity index (χ2n) is 9.08. The molecule has 0 aromatic heterocycles. The summed E-state index contributed by atoms with van der Waals surface area (Å²) in [6.07, 6.45) is 0.580. The van der Waals surface area contributed by atoms with Gasteiger partial charge in [0, 0.05) is 12.1 Å². The van der Waals surface area contributed by atoms with Gasteiger partial charge < -0.3 is 4.90 Å². The topological polar surface area (TPSA) is 57.7 Å². The summed E-state index contributed by atoms with van der Waals surface area (Å²) in [6, 6.07) is 23.9. The largest absolute Gasteiger partial charge is 0.326 e. The third-order valence-corrected chi connectivity index (χ3v) is 6.44. The number of rotatable bonds is 7. The van der Waals surface area contributed by atoms with E-state index in [2.05, 4.69) is 13.8 Å². The first-order valence-electron chi connectivity index (χ1n) is 11.7. The Morgan fingerprint density at radius 1 is 0.941 bits per heavy atom. The first-order valence-corrected chi connectivity index (χ1v) is 11.7. The molecule has 1 fully saturated rings. The standard InChI is InChI=1S/C29H30N2O3/c1-20(2)23-13-15-24(16-14-23)31-27(32)19-26(29(31)34)30(18-17-22-10-5-4-6-11-22)28(33)25-12-8-7-9-21(25)3/h4-16,20,26H,17-19H2,1-3H3. The van der Waals surface area contributed by atoms with Gasteiger partial charge in [0.05, 0.1) is 12.1 Å². The van der Waals surface area contributed by atoms with E-state index in [0.29, 0.717) is 30.1 Å². The third kappa shape index (κ3) is 4.79. The summed E-state index contributed by atoms with van der Waals surface area (Å²) in [7, 11) is 0. The maximum Gasteiger partial charge on any atom is 0.257 e. The number of amides is 3. The molecular weight excluding hydrogens is 424 g/mol. The van der Waals surface area contributed by atoms with Crippen LogP contribution in [0.15, 0.2) is 78.9 Å². The number of benzene rings is 3. The van der Waals surface area contributed by atoms with Crippen molar-refractivity contribution >= 4 is 23.4 Å². The molecule has 3 aromatic carbocycles. The zero-order valence-corrected chi connectivity index (χ0v) is 19.9. The Morgan fingerprint density at radius 3 is 2.24 bits per heavy atom. The van der Waals surface area contributed by atoms with Crippen LogP contribution in [0.5, 0.6) is 0 Å². The fourth-order valence-corrected chi connectivity index (χ4v) is 4.40. The van der Waals surface area contributed by atoms with Crippen molar-refractivity contribution in [3.8, 4) is 0 Å². The van der Waals surface area contributed by atoms with Crippen molar-refractivity contribution in [2.45, 2.75) is 45.6 Å². The zero-order valence-electron chi connectivity index (χ0n) is 19.9. The van der Waals surface area contributed by atoms with Gasteiger partial charge in [-0.25, -0.2) is 4.90 Å². The Morgan fingerprint density at radius 2 is 1.59 bits per heavy atom. The van der Waals surface area contributed by atoms with E-state index in [1.165, 1.54) is 4.90 Å². The smallest absolute Gasteiger partial charge is 0.257 e. The van der Waals surface area contributed by atoms with Crippen LogP contribution in [0, 0.1) is 6.92 Å². The zero-order chi connectivity index (χ0) is 24.2. The number of aryl methyl sites for hydroxylation is 1. The second kappa shape index (κ2) is 10.0. The van der Waals surface area contributed by atoms with Gasteiger partial charge in [-0.3, -0.25) is 14.4 Å². The molecule has 1 unspecified atom stereocenters. The number of imide groups is 1. The minimum Gasteiger partial charge on any atom is -0.326 e. The highest BCUT2D eigenvalue weighted by Gasteiger charge is 2.44. The fraction of sp³-hybridized carbons (Fsp3) is 0.276. The SMILES string of the molecule is Cc1ccccc1C(=O)N(CCc1ccccc1)C1CC(=O)N(c2ccc(C(C)C)cc2)C1=O. The minimum atomic E-state index is -0.826. The van der Waals surface area contributed by atoms with E-state index in [-0.39, 0.29) is 24.1 Å². The number of carbonyl (C=O) groups excluding carboxylic acids is 3. The summed E-state index contributed by atoms with van der Waals surface area (Å²) >= 11 is 0. The van der Waals surface area contributed by atoms with Crippen molar-refractivity contribution < 1.29 is 14.4 Å². The van der Waals surface area contributed by atoms with Crippen LogP contribution in [0.4, 0.5) is 5.69 Å². The molecule has 4 rings (SSSR count). The van der Waals surface area contributed by atoms with Crippen molar-refractivity contribution in [1.82, 2.24) is 4.90 Å². The number of hydrogen-bond donors (Lipinski definition) is 0. The normalized spacial score (nSPS) is 15.8. The van der Waals surface area contributed by atoms with Gasteiger partial charge in [0.15, 0.2) is 0 Å². The van der Waals surface area contributed by atoms with Crippen LogP contribution in [-0.4, -0.2) is 35.2 Å². The van der Waals surface area contributed by atoms with Crippen LogP contribution < -0.4 is 4.90 Å². The van der Waals surface area contributed by atoms with Crippen LogP contribution in [0.2, 0.25) is 0 Å². The van der Waals surface area contributed by atoms with Crippen LogP contribution in [0.1, 0.15) is 53.2 Å². The van der Waals surface area contributed by atoms with E-state index < -0.39 is 6.04 Å². The Kier molecular flexibility index (Phi) is 6.92. The molecule has 34 heavy (non-hydrogen) atoms. The third-order valence-electron chi connectivity index (χ3n) is 6.44. The van der Waals surface area contributed by atoms with E-state index in [1.54, 1.807) is 11.0 Å². The van der Waals surface area contributed by atoms with E-state index in [0.717, 1.165) is 16.7 Å². The average Bonchev–Trinajstić information content (AvgIpc) is 3.13. The lowest BCUT2D eigenvalue weighted by Gasteiger charge is -2.28. The molecular formula is C29H30N2O3. The molecule has 0 radical (unpaired) electrons. The van der Waals surface area contributed by atoms with Crippen molar-refractivity contribution in [1.29, 1.82) is 0 Å². The molecule has 174 valence electrons. The average molecular weight is 455 g/mol. The van der Waals surface area contributed by atoms with Crippen LogP contribution in [0.25, 0.3) is 0 Å². The lowest BCUT2D eigenvalue weighted by Crippen LogP contribution is -2.46. The summed E-state index contributed by atoms with van der Waals surface area (Å²) in [4.78, 5) is 43.0. The predicted molar refractivity (Wildman–Crippen MR) is 134 cm³/mol. The van der Waals surface area contributed by atoms with Gasteiger partial charge in [-0.05, 0) is 54.2 Å². The summed E-state index contributed by atoms with van der Waals surface area (Å²) < 4.78 is 0. The first-order chi connectivity index (χ1) is 16.4. The van der Waals surface area contributed by atoms with Gasteiger partial charge in [0.25, 0.3) is 11.8 Å². The number of anilines is 1. The molecule has 0 bridgehead atoms. The highest BCUT2D eigenvalue weighted by Crippen LogP contribution is 2.28. The molecule has 1 saturated heterocycles. The van der Waals surface area contributed by atoms with Gasteiger partial charge in [-0.2, -0.15) is 0 Å². The van der Waals surface area contributed by atoms with E-state index in [1.807, 2.05) is 79.7 Å². The van der Waals surface area contributed by atoms with E-state index in [9.17, 15) is 14.4 Å². The van der Waals surface area contributed by atoms with Gasteiger partial charge in [0.2, 0.25) is 5.91 Å². The number of hydrogen-bond acceptors (Lipinski definition) is 3. The van der Waals surface area contributed by atoms with Gasteiger partial charge >= 0.3 is 0 Å². The molecule has 5 nitrogen and oxygen atoms in total. The Balaban J connectivity index is 1.63. The van der Waals surface area contributed by atoms with Crippen molar-refractivity contribution in [2.75, 3.05) is 11.4 Å². The maximum atomic E-state index is 13.6. The van der Waals surface area contributed by atoms with Crippen molar-refractivity contribution in [3.05, 3.63) is 101 Å². The Bertz CT molecular complexity index is 1190. The molecule has 0 spiro atoms. The quantitative estimate of drug-likeness (QED) is 0.465. The maximum absolute atomic E-state index is 13.6. The lowest BCUT2D eigenvalue weighted by molar-refractivity contribution is -0.122. The fourth-order valence-electron chi connectivity index (χ4n) is 4.40. The van der Waals surface area contributed by atoms with E-state index >= 15 is 0 Å². The Hall–Kier alpha value is -3.73. The Labute approximate surface area is 201 Å². The molecule has 0 N–H and O–H groups in total. The number of carbonyl (C=O) groups is 3. The molecule has 1 atom stereocenters. The predicted octanol–water partition coefficient (Wildman–Crippen LogP) is 5.14. The van der Waals surface area contributed by atoms with Gasteiger partial charge in [0.1, 0.15) is 6.04 Å². The molecule has 5 heteroatoms. The monoisotopic (exact) mass is 454 g/mol. The van der Waals surface area contributed by atoms with Crippen LogP contribution in [0.3, 0.4) is 0 Å². The lowest BCUT2D eigenvalue weighted by atomic mass is 10.0. The molecule has 0 saturated carbocycles. The molecule has 1 heterocycles. The minimum absolute atomic E-state index is 0.0167. The van der Waals surface area contributed by atoms with Gasteiger partial charge in [-0.1, -0.05) is 74.5 Å². The molecule has 3 aromatic rings. The summed E-state index contributed by atoms with van der Waals surface area (Å²) in [6.45, 7) is 6.42. The molecule has 0 aliphatic carbocycles. The molecule has 1 aliphatic heterocycles. The van der Waals surface area contributed by atoms with Gasteiger partial charge in [-0.15, -0.1) is 0 Å². The van der Waals surface area contributed by atoms with E-state index in [4.69, 9.17) is 0 Å².